The first kappa shape index (κ1) is 17.9. The molecule has 0 aliphatic rings. The number of ether oxygens (including phenoxy) is 2. The molecule has 0 bridgehead atoms. The lowest BCUT2D eigenvalue weighted by Gasteiger charge is -2.08. The van der Waals surface area contributed by atoms with E-state index in [4.69, 9.17) is 9.47 Å². The summed E-state index contributed by atoms with van der Waals surface area (Å²) in [6.45, 7) is 1.61. The van der Waals surface area contributed by atoms with Crippen LogP contribution >= 0.6 is 0 Å². The van der Waals surface area contributed by atoms with Crippen LogP contribution in [0, 0.1) is 10.1 Å². The molecule has 0 aliphatic carbocycles. The summed E-state index contributed by atoms with van der Waals surface area (Å²) in [5.41, 5.74) is 0.620. The van der Waals surface area contributed by atoms with Gasteiger partial charge in [-0.05, 0) is 37.3 Å². The molecule has 0 atom stereocenters. The van der Waals surface area contributed by atoms with Crippen LogP contribution in [0.3, 0.4) is 0 Å². The minimum absolute atomic E-state index is 0.0142. The van der Waals surface area contributed by atoms with Crippen molar-refractivity contribution in [3.05, 3.63) is 64.2 Å². The Balaban J connectivity index is 1.93. The van der Waals surface area contributed by atoms with E-state index >= 15 is 0 Å². The van der Waals surface area contributed by atoms with E-state index in [1.165, 1.54) is 30.3 Å². The highest BCUT2D eigenvalue weighted by atomic mass is 16.6. The third kappa shape index (κ3) is 5.03. The fourth-order valence-corrected chi connectivity index (χ4v) is 1.97. The number of anilines is 1. The molecule has 0 unspecified atom stereocenters. The topological polar surface area (TPSA) is 108 Å². The average Bonchev–Trinajstić information content (AvgIpc) is 2.61. The maximum atomic E-state index is 11.9. The van der Waals surface area contributed by atoms with Crippen molar-refractivity contribution in [3.8, 4) is 5.75 Å². The smallest absolute Gasteiger partial charge is 0.338 e. The second-order valence-corrected chi connectivity index (χ2v) is 4.86. The fraction of sp³-hybridized carbons (Fsp3) is 0.176. The number of nitrogens with zero attached hydrogens (tertiary/aromatic N) is 1. The molecule has 0 spiro atoms. The van der Waals surface area contributed by atoms with Crippen molar-refractivity contribution >= 4 is 23.3 Å². The lowest BCUT2D eigenvalue weighted by molar-refractivity contribution is -0.385. The second kappa shape index (κ2) is 8.44. The van der Waals surface area contributed by atoms with E-state index in [1.54, 1.807) is 25.1 Å². The number of rotatable bonds is 7. The van der Waals surface area contributed by atoms with Crippen LogP contribution in [0.1, 0.15) is 17.3 Å². The molecule has 0 aliphatic heterocycles. The quantitative estimate of drug-likeness (QED) is 0.470. The summed E-state index contributed by atoms with van der Waals surface area (Å²) in [5.74, 6) is -0.914. The minimum atomic E-state index is -0.582. The van der Waals surface area contributed by atoms with Gasteiger partial charge in [0.05, 0.1) is 17.1 Å². The highest BCUT2D eigenvalue weighted by Gasteiger charge is 2.15. The zero-order chi connectivity index (χ0) is 18.2. The zero-order valence-corrected chi connectivity index (χ0v) is 13.4. The number of esters is 1. The van der Waals surface area contributed by atoms with Gasteiger partial charge in [-0.3, -0.25) is 14.9 Å². The number of hydrogen-bond acceptors (Lipinski definition) is 6. The van der Waals surface area contributed by atoms with Crippen molar-refractivity contribution in [1.29, 1.82) is 0 Å². The minimum Gasteiger partial charge on any atom is -0.477 e. The molecule has 0 radical (unpaired) electrons. The summed E-state index contributed by atoms with van der Waals surface area (Å²) >= 11 is 0. The molecule has 0 heterocycles. The van der Waals surface area contributed by atoms with Crippen molar-refractivity contribution in [3.63, 3.8) is 0 Å². The maximum absolute atomic E-state index is 11.9. The van der Waals surface area contributed by atoms with Crippen molar-refractivity contribution in [2.75, 3.05) is 18.5 Å². The molecule has 0 aromatic heterocycles. The lowest BCUT2D eigenvalue weighted by Crippen LogP contribution is -2.20. The zero-order valence-electron chi connectivity index (χ0n) is 13.4. The molecule has 25 heavy (non-hydrogen) atoms. The van der Waals surface area contributed by atoms with Gasteiger partial charge in [0.2, 0.25) is 0 Å². The molecule has 0 saturated heterocycles. The monoisotopic (exact) mass is 344 g/mol. The van der Waals surface area contributed by atoms with Gasteiger partial charge in [0.25, 0.3) is 5.91 Å². The third-order valence-corrected chi connectivity index (χ3v) is 3.10. The van der Waals surface area contributed by atoms with Gasteiger partial charge in [-0.1, -0.05) is 12.1 Å². The van der Waals surface area contributed by atoms with Crippen molar-refractivity contribution in [2.24, 2.45) is 0 Å². The van der Waals surface area contributed by atoms with Crippen molar-refractivity contribution < 1.29 is 24.0 Å². The van der Waals surface area contributed by atoms with Gasteiger partial charge < -0.3 is 14.8 Å². The van der Waals surface area contributed by atoms with Gasteiger partial charge in [-0.25, -0.2) is 4.79 Å². The SMILES string of the molecule is CCOC(=O)c1ccc(NC(=O)COc2ccccc2[N+](=O)[O-])cc1. The molecular formula is C17H16N2O6. The molecular weight excluding hydrogens is 328 g/mol. The Morgan fingerprint density at radius 3 is 2.44 bits per heavy atom. The van der Waals surface area contributed by atoms with Gasteiger partial charge >= 0.3 is 11.7 Å². The molecule has 1 N–H and O–H groups in total. The summed E-state index contributed by atoms with van der Waals surface area (Å²) in [5, 5.41) is 13.5. The number of carbonyl (C=O) groups excluding carboxylic acids is 2. The summed E-state index contributed by atoms with van der Waals surface area (Å²) in [6.07, 6.45) is 0. The summed E-state index contributed by atoms with van der Waals surface area (Å²) in [4.78, 5) is 33.7. The highest BCUT2D eigenvalue weighted by Crippen LogP contribution is 2.25. The third-order valence-electron chi connectivity index (χ3n) is 3.10. The highest BCUT2D eigenvalue weighted by molar-refractivity contribution is 5.93. The van der Waals surface area contributed by atoms with E-state index in [1.807, 2.05) is 0 Å². The summed E-state index contributed by atoms with van der Waals surface area (Å²) < 4.78 is 10.1. The van der Waals surface area contributed by atoms with Crippen LogP contribution in [-0.2, 0) is 9.53 Å². The number of hydrogen-bond donors (Lipinski definition) is 1. The predicted octanol–water partition coefficient (Wildman–Crippen LogP) is 2.79. The van der Waals surface area contributed by atoms with E-state index in [2.05, 4.69) is 5.32 Å². The fourth-order valence-electron chi connectivity index (χ4n) is 1.97. The summed E-state index contributed by atoms with van der Waals surface area (Å²) in [7, 11) is 0. The molecule has 1 amide bonds. The van der Waals surface area contributed by atoms with Crippen LogP contribution < -0.4 is 10.1 Å². The van der Waals surface area contributed by atoms with Crippen LogP contribution in [0.2, 0.25) is 0 Å². The Bertz CT molecular complexity index is 773. The van der Waals surface area contributed by atoms with E-state index in [0.717, 1.165) is 0 Å². The van der Waals surface area contributed by atoms with Gasteiger partial charge in [-0.2, -0.15) is 0 Å². The molecule has 2 rings (SSSR count). The lowest BCUT2D eigenvalue weighted by atomic mass is 10.2. The Labute approximate surface area is 143 Å². The largest absolute Gasteiger partial charge is 0.477 e. The van der Waals surface area contributed by atoms with Crippen LogP contribution in [-0.4, -0.2) is 30.0 Å². The van der Waals surface area contributed by atoms with Gasteiger partial charge in [-0.15, -0.1) is 0 Å². The van der Waals surface area contributed by atoms with Crippen LogP contribution in [0.5, 0.6) is 5.75 Å². The van der Waals surface area contributed by atoms with E-state index in [9.17, 15) is 19.7 Å². The number of carbonyl (C=O) groups is 2. The van der Waals surface area contributed by atoms with Crippen molar-refractivity contribution in [2.45, 2.75) is 6.92 Å². The number of para-hydroxylation sites is 2. The van der Waals surface area contributed by atoms with E-state index in [-0.39, 0.29) is 24.7 Å². The number of nitro benzene ring substituents is 1. The van der Waals surface area contributed by atoms with Crippen LogP contribution in [0.25, 0.3) is 0 Å². The Hall–Kier alpha value is -3.42. The molecule has 2 aromatic carbocycles. The predicted molar refractivity (Wildman–Crippen MR) is 89.6 cm³/mol. The Morgan fingerprint density at radius 1 is 1.12 bits per heavy atom. The molecule has 8 nitrogen and oxygen atoms in total. The Kier molecular flexibility index (Phi) is 6.05. The first-order chi connectivity index (χ1) is 12.0. The van der Waals surface area contributed by atoms with Crippen LogP contribution in [0.4, 0.5) is 11.4 Å². The number of nitro groups is 1. The molecule has 8 heteroatoms. The molecule has 130 valence electrons. The normalized spacial score (nSPS) is 9.96. The van der Waals surface area contributed by atoms with Gasteiger partial charge in [0.15, 0.2) is 12.4 Å². The number of amides is 1. The number of nitrogens with one attached hydrogen (secondary N) is 1. The van der Waals surface area contributed by atoms with E-state index < -0.39 is 16.8 Å². The standard InChI is InChI=1S/C17H16N2O6/c1-2-24-17(21)12-7-9-13(10-8-12)18-16(20)11-25-15-6-4-3-5-14(15)19(22)23/h3-10H,2,11H2,1H3,(H,18,20). The molecule has 0 fully saturated rings. The molecule has 0 saturated carbocycles. The summed E-state index contributed by atoms with van der Waals surface area (Å²) in [6, 6.07) is 11.9. The van der Waals surface area contributed by atoms with Crippen LogP contribution in [0.15, 0.2) is 48.5 Å². The first-order valence-electron chi connectivity index (χ1n) is 7.44. The van der Waals surface area contributed by atoms with Gasteiger partial charge in [0.1, 0.15) is 0 Å². The molecule has 2 aromatic rings. The first-order valence-corrected chi connectivity index (χ1v) is 7.44. The van der Waals surface area contributed by atoms with Gasteiger partial charge in [0, 0.05) is 11.8 Å². The number of benzene rings is 2. The Morgan fingerprint density at radius 2 is 1.80 bits per heavy atom. The second-order valence-electron chi connectivity index (χ2n) is 4.86. The van der Waals surface area contributed by atoms with E-state index in [0.29, 0.717) is 11.3 Å². The maximum Gasteiger partial charge on any atom is 0.338 e. The van der Waals surface area contributed by atoms with Crippen molar-refractivity contribution in [1.82, 2.24) is 0 Å². The average molecular weight is 344 g/mol.